The van der Waals surface area contributed by atoms with Crippen molar-refractivity contribution in [2.75, 3.05) is 32.5 Å². The largest absolute Gasteiger partial charge is 0.496 e. The number of hydrogen-bond acceptors (Lipinski definition) is 6. The minimum Gasteiger partial charge on any atom is -0.496 e. The van der Waals surface area contributed by atoms with Gasteiger partial charge in [-0.2, -0.15) is 0 Å². The number of nitrogens with zero attached hydrogens (tertiary/aromatic N) is 2. The van der Waals surface area contributed by atoms with Gasteiger partial charge in [-0.3, -0.25) is 9.69 Å². The predicted octanol–water partition coefficient (Wildman–Crippen LogP) is 4.35. The Bertz CT molecular complexity index is 936. The van der Waals surface area contributed by atoms with Crippen molar-refractivity contribution in [3.63, 3.8) is 0 Å². The highest BCUT2D eigenvalue weighted by Gasteiger charge is 2.26. The molecule has 0 spiro atoms. The van der Waals surface area contributed by atoms with E-state index in [-0.39, 0.29) is 11.9 Å². The van der Waals surface area contributed by atoms with Gasteiger partial charge in [0.1, 0.15) is 5.75 Å². The maximum atomic E-state index is 12.5. The molecule has 0 bridgehead atoms. The number of methoxy groups -OCH3 is 1. The number of carbonyl (C=O) groups is 1. The van der Waals surface area contributed by atoms with Crippen molar-refractivity contribution in [2.24, 2.45) is 0 Å². The third-order valence-corrected chi connectivity index (χ3v) is 7.35. The zero-order valence-electron chi connectivity index (χ0n) is 16.5. The predicted molar refractivity (Wildman–Crippen MR) is 120 cm³/mol. The smallest absolute Gasteiger partial charge is 0.230 e. The van der Waals surface area contributed by atoms with Crippen molar-refractivity contribution < 1.29 is 9.53 Å². The first-order valence-electron chi connectivity index (χ1n) is 9.86. The number of aromatic nitrogens is 1. The molecule has 1 unspecified atom stereocenters. The number of thiazole rings is 1. The van der Waals surface area contributed by atoms with Gasteiger partial charge in [0.05, 0.1) is 29.1 Å². The van der Waals surface area contributed by atoms with Crippen molar-refractivity contribution in [3.05, 3.63) is 54.1 Å². The lowest BCUT2D eigenvalue weighted by atomic mass is 10.0. The number of ether oxygens (including phenoxy) is 1. The number of rotatable bonds is 8. The van der Waals surface area contributed by atoms with Crippen LogP contribution in [0.5, 0.6) is 5.75 Å². The minimum absolute atomic E-state index is 0.0355. The van der Waals surface area contributed by atoms with E-state index < -0.39 is 0 Å². The van der Waals surface area contributed by atoms with E-state index in [1.807, 2.05) is 36.4 Å². The molecular weight excluding hydrogens is 402 g/mol. The summed E-state index contributed by atoms with van der Waals surface area (Å²) in [4.78, 5) is 19.6. The molecule has 3 aromatic rings. The van der Waals surface area contributed by atoms with Crippen LogP contribution in [0.25, 0.3) is 10.2 Å². The summed E-state index contributed by atoms with van der Waals surface area (Å²) in [6.07, 6.45) is 2.40. The molecule has 7 heteroatoms. The summed E-state index contributed by atoms with van der Waals surface area (Å²) in [5.74, 6) is 1.29. The van der Waals surface area contributed by atoms with E-state index in [9.17, 15) is 4.79 Å². The minimum atomic E-state index is 0.0355. The molecule has 5 nitrogen and oxygen atoms in total. The molecule has 4 rings (SSSR count). The van der Waals surface area contributed by atoms with E-state index >= 15 is 0 Å². The maximum absolute atomic E-state index is 12.5. The van der Waals surface area contributed by atoms with E-state index in [1.54, 1.807) is 18.4 Å². The zero-order chi connectivity index (χ0) is 20.1. The third-order valence-electron chi connectivity index (χ3n) is 5.17. The number of benzene rings is 2. The molecule has 2 aromatic carbocycles. The number of carbonyl (C=O) groups excluding carboxylic acids is 1. The van der Waals surface area contributed by atoms with Crippen LogP contribution >= 0.6 is 23.1 Å². The fourth-order valence-corrected chi connectivity index (χ4v) is 5.63. The second kappa shape index (κ2) is 9.61. The van der Waals surface area contributed by atoms with Gasteiger partial charge in [0.15, 0.2) is 4.34 Å². The van der Waals surface area contributed by atoms with Crippen LogP contribution in [-0.2, 0) is 4.79 Å². The Morgan fingerprint density at radius 2 is 1.97 bits per heavy atom. The van der Waals surface area contributed by atoms with Gasteiger partial charge in [-0.15, -0.1) is 11.3 Å². The van der Waals surface area contributed by atoms with Gasteiger partial charge in [-0.25, -0.2) is 4.98 Å². The molecule has 1 N–H and O–H groups in total. The van der Waals surface area contributed by atoms with Crippen molar-refractivity contribution in [1.29, 1.82) is 0 Å². The van der Waals surface area contributed by atoms with Crippen LogP contribution in [0.1, 0.15) is 24.4 Å². The summed E-state index contributed by atoms with van der Waals surface area (Å²) >= 11 is 3.13. The lowest BCUT2D eigenvalue weighted by Crippen LogP contribution is -2.37. The molecule has 1 aliphatic rings. The van der Waals surface area contributed by atoms with Crippen molar-refractivity contribution in [3.8, 4) is 5.75 Å². The molecule has 1 aromatic heterocycles. The number of para-hydroxylation sites is 2. The third kappa shape index (κ3) is 4.91. The Hall–Kier alpha value is -2.09. The fraction of sp³-hybridized carbons (Fsp3) is 0.364. The van der Waals surface area contributed by atoms with Crippen molar-refractivity contribution >= 4 is 39.2 Å². The Morgan fingerprint density at radius 3 is 2.76 bits per heavy atom. The van der Waals surface area contributed by atoms with Gasteiger partial charge in [0.2, 0.25) is 5.91 Å². The normalized spacial score (nSPS) is 15.5. The van der Waals surface area contributed by atoms with E-state index in [0.29, 0.717) is 12.3 Å². The zero-order valence-corrected chi connectivity index (χ0v) is 18.1. The Kier molecular flexibility index (Phi) is 6.69. The SMILES string of the molecule is COc1ccccc1C(CNC(=O)CSc1nc2ccccc2s1)N1CCCC1. The molecule has 1 fully saturated rings. The van der Waals surface area contributed by atoms with E-state index in [2.05, 4.69) is 27.3 Å². The Labute approximate surface area is 179 Å². The highest BCUT2D eigenvalue weighted by molar-refractivity contribution is 8.01. The molecule has 29 heavy (non-hydrogen) atoms. The van der Waals surface area contributed by atoms with Gasteiger partial charge in [-0.05, 0) is 44.1 Å². The van der Waals surface area contributed by atoms with E-state index in [1.165, 1.54) is 24.6 Å². The first-order valence-corrected chi connectivity index (χ1v) is 11.7. The summed E-state index contributed by atoms with van der Waals surface area (Å²) in [7, 11) is 1.70. The van der Waals surface area contributed by atoms with Crippen LogP contribution in [0.2, 0.25) is 0 Å². The number of likely N-dealkylation sites (tertiary alicyclic amines) is 1. The molecular formula is C22H25N3O2S2. The highest BCUT2D eigenvalue weighted by atomic mass is 32.2. The molecule has 1 amide bonds. The van der Waals surface area contributed by atoms with Gasteiger partial charge >= 0.3 is 0 Å². The van der Waals surface area contributed by atoms with Crippen LogP contribution in [0.4, 0.5) is 0 Å². The summed E-state index contributed by atoms with van der Waals surface area (Å²) in [5.41, 5.74) is 2.13. The molecule has 0 saturated carbocycles. The van der Waals surface area contributed by atoms with E-state index in [4.69, 9.17) is 4.74 Å². The molecule has 1 saturated heterocycles. The standard InChI is InChI=1S/C22H25N3O2S2/c1-27-19-10-4-2-8-16(19)18(25-12-6-7-13-25)14-23-21(26)15-28-22-24-17-9-3-5-11-20(17)29-22/h2-5,8-11,18H,6-7,12-15H2,1H3,(H,23,26). The molecule has 152 valence electrons. The van der Waals surface area contributed by atoms with Gasteiger partial charge in [-0.1, -0.05) is 42.1 Å². The van der Waals surface area contributed by atoms with Crippen molar-refractivity contribution in [2.45, 2.75) is 23.2 Å². The maximum Gasteiger partial charge on any atom is 0.230 e. The van der Waals surface area contributed by atoms with Gasteiger partial charge < -0.3 is 10.1 Å². The average molecular weight is 428 g/mol. The van der Waals surface area contributed by atoms with Crippen LogP contribution in [0.15, 0.2) is 52.9 Å². The molecule has 2 heterocycles. The summed E-state index contributed by atoms with van der Waals surface area (Å²) in [6, 6.07) is 16.3. The van der Waals surface area contributed by atoms with Crippen molar-refractivity contribution in [1.82, 2.24) is 15.2 Å². The van der Waals surface area contributed by atoms with Gasteiger partial charge in [0, 0.05) is 12.1 Å². The van der Waals surface area contributed by atoms with Crippen LogP contribution in [-0.4, -0.2) is 48.3 Å². The Morgan fingerprint density at radius 1 is 1.21 bits per heavy atom. The summed E-state index contributed by atoms with van der Waals surface area (Å²) < 4.78 is 7.66. The molecule has 0 aliphatic carbocycles. The Balaban J connectivity index is 1.38. The number of nitrogens with one attached hydrogen (secondary N) is 1. The second-order valence-corrected chi connectivity index (χ2v) is 9.29. The monoisotopic (exact) mass is 427 g/mol. The average Bonchev–Trinajstić information content (AvgIpc) is 3.42. The van der Waals surface area contributed by atoms with Gasteiger partial charge in [0.25, 0.3) is 0 Å². The van der Waals surface area contributed by atoms with Crippen LogP contribution < -0.4 is 10.1 Å². The molecule has 0 radical (unpaired) electrons. The lowest BCUT2D eigenvalue weighted by Gasteiger charge is -2.29. The molecule has 1 atom stereocenters. The highest BCUT2D eigenvalue weighted by Crippen LogP contribution is 2.32. The fourth-order valence-electron chi connectivity index (χ4n) is 3.73. The molecule has 1 aliphatic heterocycles. The first-order chi connectivity index (χ1) is 14.2. The summed E-state index contributed by atoms with van der Waals surface area (Å²) in [5, 5.41) is 3.13. The van der Waals surface area contributed by atoms with E-state index in [0.717, 1.165) is 39.0 Å². The number of thioether (sulfide) groups is 1. The summed E-state index contributed by atoms with van der Waals surface area (Å²) in [6.45, 7) is 2.69. The number of fused-ring (bicyclic) bond motifs is 1. The topological polar surface area (TPSA) is 54.5 Å². The first kappa shape index (κ1) is 20.2. The number of amides is 1. The van der Waals surface area contributed by atoms with Crippen LogP contribution in [0, 0.1) is 0 Å². The van der Waals surface area contributed by atoms with Crippen LogP contribution in [0.3, 0.4) is 0 Å². The second-order valence-electron chi connectivity index (χ2n) is 7.04. The number of hydrogen-bond donors (Lipinski definition) is 1. The quantitative estimate of drug-likeness (QED) is 0.542. The lowest BCUT2D eigenvalue weighted by molar-refractivity contribution is -0.118.